The van der Waals surface area contributed by atoms with E-state index in [1.54, 1.807) is 121 Å². The summed E-state index contributed by atoms with van der Waals surface area (Å²) < 4.78 is 0. The summed E-state index contributed by atoms with van der Waals surface area (Å²) in [4.78, 5) is 213. The normalized spacial score (nSPS) is 22.8. The standard InChI is InChI=1S/C84H110N22O17/c1-47(87)73(112)91-44-70(111)93-61-38-53-29-31-55(32-30-53)105-106-69(40-56-43-89-46-92-56)102-82(121)67(45-107)101-84(123)72(49(3)109)104-81(120)64(37-52-23-11-6-12-24-52)100-83(122)71(48(2)108)103-75(114)60(28-16-18-34-86)95-79(118)65(39-54-42-90-58-26-14-13-25-57(54)58)98-78(117)63(36-51-21-9-5-10-22-51)96-77(116)62(35-50-19-7-4-8-20-50)97-80(119)66(41-68(88)110)99-74(113)59(94-76(61)115)27-15-17-33-85/h4-14,19-26,29-32,42-43,46-49,59-67,69,71-72,90,107-109H,15-18,27-28,33-41,44-45,85-87H2,1-3H3,(H2,88,110)(H,89,92)(H,91,112)(H,93,111)(H,94,115)(H,95,118)(H,96,116)(H,97,119)(H,98,117)(H,99,113)(H,100,122)(H,101,123)(H,102,121)(H,103,114)(H,104,120)/t47-,48+,49+,59-,60-,61-,62-,63-,64-,65-,66-,67-,69-,71-,72-/m0/s1. The second kappa shape index (κ2) is 48.3. The smallest absolute Gasteiger partial charge is 0.246 e. The van der Waals surface area contributed by atoms with Crippen molar-refractivity contribution >= 4 is 99.3 Å². The van der Waals surface area contributed by atoms with Crippen LogP contribution >= 0.6 is 0 Å². The van der Waals surface area contributed by atoms with Crippen molar-refractivity contribution in [2.24, 2.45) is 33.2 Å². The molecule has 2 aromatic heterocycles. The highest BCUT2D eigenvalue weighted by Crippen LogP contribution is 2.22. The lowest BCUT2D eigenvalue weighted by atomic mass is 10.00. The number of aliphatic hydroxyl groups excluding tert-OH is 3. The fourth-order valence-electron chi connectivity index (χ4n) is 13.4. The molecule has 0 saturated carbocycles. The quantitative estimate of drug-likeness (QED) is 0.0179. The van der Waals surface area contributed by atoms with Gasteiger partial charge in [-0.3, -0.25) is 67.1 Å². The van der Waals surface area contributed by atoms with Crippen LogP contribution in [-0.2, 0) is 106 Å². The van der Waals surface area contributed by atoms with Crippen LogP contribution in [0.5, 0.6) is 0 Å². The number of nitrogens with one attached hydrogen (secondary N) is 15. The van der Waals surface area contributed by atoms with Crippen LogP contribution in [0.2, 0.25) is 0 Å². The van der Waals surface area contributed by atoms with Gasteiger partial charge in [0.1, 0.15) is 72.6 Å². The molecule has 9 rings (SSSR count). The van der Waals surface area contributed by atoms with E-state index in [1.807, 2.05) is 0 Å². The van der Waals surface area contributed by atoms with E-state index < -0.39 is 193 Å². The summed E-state index contributed by atoms with van der Waals surface area (Å²) >= 11 is 0. The van der Waals surface area contributed by atoms with E-state index in [0.717, 1.165) is 6.92 Å². The third-order valence-electron chi connectivity index (χ3n) is 20.1. The molecule has 0 unspecified atom stereocenters. The van der Waals surface area contributed by atoms with Crippen molar-refractivity contribution in [1.29, 1.82) is 0 Å². The molecular weight excluding hydrogens is 1590 g/mol. The molecule has 0 saturated heterocycles. The minimum atomic E-state index is -1.91. The van der Waals surface area contributed by atoms with Gasteiger partial charge in [0.15, 0.2) is 0 Å². The van der Waals surface area contributed by atoms with Gasteiger partial charge in [0.2, 0.25) is 82.7 Å². The van der Waals surface area contributed by atoms with Crippen LogP contribution in [0.4, 0.5) is 5.69 Å². The van der Waals surface area contributed by atoms with E-state index in [0.29, 0.717) is 57.3 Å². The number of primary amides is 1. The second-order valence-corrected chi connectivity index (χ2v) is 30.0. The van der Waals surface area contributed by atoms with E-state index in [2.05, 4.69) is 94.3 Å². The first-order chi connectivity index (χ1) is 59.0. The van der Waals surface area contributed by atoms with Crippen LogP contribution in [0.3, 0.4) is 0 Å². The van der Waals surface area contributed by atoms with Crippen molar-refractivity contribution in [3.63, 3.8) is 0 Å². The number of benzene rings is 5. The Hall–Kier alpha value is -13.2. The van der Waals surface area contributed by atoms with Gasteiger partial charge in [-0.25, -0.2) is 4.98 Å². The first-order valence-corrected chi connectivity index (χ1v) is 40.5. The summed E-state index contributed by atoms with van der Waals surface area (Å²) in [6.07, 6.45) is -2.07. The summed E-state index contributed by atoms with van der Waals surface area (Å²) in [6, 6.07) is 18.2. The molecule has 5 aromatic carbocycles. The summed E-state index contributed by atoms with van der Waals surface area (Å²) in [5.41, 5.74) is 26.9. The monoisotopic (exact) mass is 1700 g/mol. The summed E-state index contributed by atoms with van der Waals surface area (Å²) in [5, 5.41) is 76.1. The van der Waals surface area contributed by atoms with Crippen LogP contribution in [0.15, 0.2) is 168 Å². The van der Waals surface area contributed by atoms with Crippen LogP contribution in [-0.4, -0.2) is 230 Å². The number of aromatic amines is 2. The molecule has 2 aliphatic rings. The number of H-pyrrole nitrogens is 2. The Balaban J connectivity index is 1.21. The number of aromatic nitrogens is 3. The van der Waals surface area contributed by atoms with Crippen molar-refractivity contribution in [2.45, 2.75) is 195 Å². The SMILES string of the molecule is C[C@H](N)C(=O)NCC(=O)N[C@H]1Cc2ccc(cc2)N=N[C@@H](Cc2cnc[nH]2)NC(=O)[C@H](CO)NC(=O)[C@H]([C@@H](C)O)NC(=O)[C@H](Cc2ccccc2)NC(=O)[C@H]([C@@H](C)O)NC(=O)[C@H](CCCCN)NC(=O)[C@H](Cc2c[nH]c3ccccc23)NC(=O)[C@H](Cc2ccccc2)NC(=O)[C@H](Cc2ccccc2)NC(=O)[C@H](CC(N)=O)NC(=O)[C@H](CCCCN)NC1=O. The molecule has 2 bridgehead atoms. The Morgan fingerprint density at radius 3 is 1.39 bits per heavy atom. The van der Waals surface area contributed by atoms with Crippen molar-refractivity contribution in [1.82, 2.24) is 84.1 Å². The lowest BCUT2D eigenvalue weighted by Crippen LogP contribution is -2.63. The molecule has 7 aromatic rings. The maximum absolute atomic E-state index is 15.5. The fourth-order valence-corrected chi connectivity index (χ4v) is 13.4. The molecule has 0 aliphatic carbocycles. The van der Waals surface area contributed by atoms with Gasteiger partial charge < -0.3 is 117 Å². The zero-order valence-corrected chi connectivity index (χ0v) is 68.4. The molecule has 658 valence electrons. The molecule has 123 heavy (non-hydrogen) atoms. The number of amides is 14. The topological polar surface area (TPSA) is 629 Å². The van der Waals surface area contributed by atoms with Gasteiger partial charge in [-0.2, -0.15) is 10.2 Å². The number of para-hydroxylation sites is 1. The van der Waals surface area contributed by atoms with Crippen molar-refractivity contribution < 1.29 is 82.4 Å². The number of rotatable bonds is 27. The maximum atomic E-state index is 15.5. The largest absolute Gasteiger partial charge is 0.394 e. The fraction of sp³-hybridized carbons (Fsp3) is 0.417. The van der Waals surface area contributed by atoms with Crippen molar-refractivity contribution in [3.05, 3.63) is 192 Å². The van der Waals surface area contributed by atoms with E-state index in [4.69, 9.17) is 22.9 Å². The van der Waals surface area contributed by atoms with Gasteiger partial charge in [-0.15, -0.1) is 0 Å². The molecule has 0 spiro atoms. The Morgan fingerprint density at radius 2 is 0.911 bits per heavy atom. The van der Waals surface area contributed by atoms with Gasteiger partial charge in [0, 0.05) is 67.5 Å². The highest BCUT2D eigenvalue weighted by Gasteiger charge is 2.40. The Kier molecular flexibility index (Phi) is 37.4. The highest BCUT2D eigenvalue weighted by atomic mass is 16.3. The number of unbranched alkanes of at least 4 members (excludes halogenated alkanes) is 2. The molecule has 4 heterocycles. The number of fused-ring (bicyclic) bond motifs is 38. The van der Waals surface area contributed by atoms with Crippen LogP contribution in [0.25, 0.3) is 10.9 Å². The minimum absolute atomic E-state index is 0.115. The Labute approximate surface area is 709 Å². The summed E-state index contributed by atoms with van der Waals surface area (Å²) in [6.45, 7) is 2.25. The summed E-state index contributed by atoms with van der Waals surface area (Å²) in [7, 11) is 0. The van der Waals surface area contributed by atoms with E-state index in [1.165, 1.54) is 50.6 Å². The molecule has 2 aliphatic heterocycles. The zero-order chi connectivity index (χ0) is 89.1. The van der Waals surface area contributed by atoms with Crippen LogP contribution < -0.4 is 92.1 Å². The van der Waals surface area contributed by atoms with Gasteiger partial charge in [-0.05, 0) is 118 Å². The third-order valence-corrected chi connectivity index (χ3v) is 20.1. The van der Waals surface area contributed by atoms with E-state index >= 15 is 14.4 Å². The lowest BCUT2D eigenvalue weighted by Gasteiger charge is -2.29. The first-order valence-electron chi connectivity index (χ1n) is 40.5. The average Bonchev–Trinajstić information content (AvgIpc) is 1.63. The Bertz CT molecular complexity index is 4730. The molecule has 14 amide bonds. The van der Waals surface area contributed by atoms with Gasteiger partial charge in [-0.1, -0.05) is 121 Å². The molecular formula is C84H110N22O17. The number of aliphatic hydroxyl groups is 3. The first kappa shape index (κ1) is 95.3. The second-order valence-electron chi connectivity index (χ2n) is 30.0. The molecule has 0 fully saturated rings. The van der Waals surface area contributed by atoms with E-state index in [-0.39, 0.29) is 83.0 Å². The lowest BCUT2D eigenvalue weighted by molar-refractivity contribution is -0.138. The van der Waals surface area contributed by atoms with Gasteiger partial charge in [0.05, 0.1) is 49.8 Å². The van der Waals surface area contributed by atoms with Crippen LogP contribution in [0, 0.1) is 0 Å². The molecule has 39 nitrogen and oxygen atoms in total. The zero-order valence-electron chi connectivity index (χ0n) is 68.4. The number of carbonyl (C=O) groups is 14. The van der Waals surface area contributed by atoms with Crippen LogP contribution in [0.1, 0.15) is 99.2 Å². The average molecular weight is 1700 g/mol. The third kappa shape index (κ3) is 30.5. The summed E-state index contributed by atoms with van der Waals surface area (Å²) in [5.74, 6) is -14.3. The van der Waals surface area contributed by atoms with Crippen molar-refractivity contribution in [3.8, 4) is 0 Å². The number of carbonyl (C=O) groups excluding carboxylic acids is 14. The predicted octanol–water partition coefficient (Wildman–Crippen LogP) is -3.13. The van der Waals surface area contributed by atoms with E-state index in [9.17, 15) is 68.1 Å². The minimum Gasteiger partial charge on any atom is -0.394 e. The maximum Gasteiger partial charge on any atom is 0.246 e. The van der Waals surface area contributed by atoms with Gasteiger partial charge >= 0.3 is 0 Å². The number of hydrogen-bond donors (Lipinski definition) is 22. The molecule has 0 radical (unpaired) electrons. The Morgan fingerprint density at radius 1 is 0.480 bits per heavy atom. The number of nitrogens with zero attached hydrogens (tertiary/aromatic N) is 3. The number of azo groups is 1. The number of imidazole rings is 1. The molecule has 15 atom stereocenters. The number of nitrogens with two attached hydrogens (primary N) is 4. The number of hydrogen-bond acceptors (Lipinski definition) is 23. The molecule has 26 N–H and O–H groups in total. The predicted molar refractivity (Wildman–Crippen MR) is 449 cm³/mol. The highest BCUT2D eigenvalue weighted by molar-refractivity contribution is 6.01. The molecule has 39 heteroatoms. The van der Waals surface area contributed by atoms with Gasteiger partial charge in [0.25, 0.3) is 0 Å². The van der Waals surface area contributed by atoms with Crippen molar-refractivity contribution in [2.75, 3.05) is 26.2 Å².